The molecule has 1 saturated heterocycles. The lowest BCUT2D eigenvalue weighted by Gasteiger charge is -2.34. The molecule has 3 aromatic rings. The molecule has 1 aromatic heterocycles. The van der Waals surface area contributed by atoms with Crippen LogP contribution in [-0.4, -0.2) is 56.0 Å². The molecular formula is C21H21ClN4O3S. The lowest BCUT2D eigenvalue weighted by atomic mass is 10.1. The first-order chi connectivity index (χ1) is 14.5. The number of halogens is 1. The topological polar surface area (TPSA) is 75.6 Å². The van der Waals surface area contributed by atoms with Crippen LogP contribution in [0.3, 0.4) is 0 Å². The molecule has 0 atom stereocenters. The molecule has 1 aliphatic heterocycles. The second-order valence-electron chi connectivity index (χ2n) is 6.84. The van der Waals surface area contributed by atoms with E-state index >= 15 is 0 Å². The highest BCUT2D eigenvalue weighted by atomic mass is 35.5. The van der Waals surface area contributed by atoms with E-state index in [1.165, 1.54) is 10.6 Å². The van der Waals surface area contributed by atoms with E-state index in [0.29, 0.717) is 37.0 Å². The van der Waals surface area contributed by atoms with Gasteiger partial charge in [-0.2, -0.15) is 4.31 Å². The SMILES string of the molecule is COc1ccc(S(=O)(=O)N2CCN(c3cc(-c4ccc(Cl)cc4)ncn3)CC2)cc1. The third-order valence-electron chi connectivity index (χ3n) is 5.05. The second kappa shape index (κ2) is 8.59. The smallest absolute Gasteiger partial charge is 0.243 e. The lowest BCUT2D eigenvalue weighted by molar-refractivity contribution is 0.383. The highest BCUT2D eigenvalue weighted by Gasteiger charge is 2.29. The predicted octanol–water partition coefficient (Wildman–Crippen LogP) is 3.32. The number of hydrogen-bond acceptors (Lipinski definition) is 6. The minimum atomic E-state index is -3.54. The van der Waals surface area contributed by atoms with Crippen molar-refractivity contribution in [2.24, 2.45) is 0 Å². The zero-order valence-electron chi connectivity index (χ0n) is 16.4. The maximum absolute atomic E-state index is 12.9. The quantitative estimate of drug-likeness (QED) is 0.601. The molecular weight excluding hydrogens is 424 g/mol. The summed E-state index contributed by atoms with van der Waals surface area (Å²) < 4.78 is 32.5. The number of methoxy groups -OCH3 is 1. The molecule has 4 rings (SSSR count). The molecule has 2 aromatic carbocycles. The van der Waals surface area contributed by atoms with Crippen molar-refractivity contribution in [1.29, 1.82) is 0 Å². The Morgan fingerprint density at radius 2 is 1.60 bits per heavy atom. The van der Waals surface area contributed by atoms with Crippen molar-refractivity contribution >= 4 is 27.4 Å². The van der Waals surface area contributed by atoms with Crippen LogP contribution in [0.1, 0.15) is 0 Å². The molecule has 7 nitrogen and oxygen atoms in total. The lowest BCUT2D eigenvalue weighted by Crippen LogP contribution is -2.48. The van der Waals surface area contributed by atoms with Gasteiger partial charge in [0.1, 0.15) is 17.9 Å². The molecule has 0 radical (unpaired) electrons. The van der Waals surface area contributed by atoms with Crippen molar-refractivity contribution in [3.8, 4) is 17.0 Å². The van der Waals surface area contributed by atoms with E-state index < -0.39 is 10.0 Å². The molecule has 0 N–H and O–H groups in total. The molecule has 0 spiro atoms. The van der Waals surface area contributed by atoms with Crippen LogP contribution in [0.15, 0.2) is 65.8 Å². The van der Waals surface area contributed by atoms with Crippen molar-refractivity contribution in [1.82, 2.24) is 14.3 Å². The number of ether oxygens (including phenoxy) is 1. The molecule has 0 unspecified atom stereocenters. The largest absolute Gasteiger partial charge is 0.497 e. The number of hydrogen-bond donors (Lipinski definition) is 0. The van der Waals surface area contributed by atoms with Crippen LogP contribution in [-0.2, 0) is 10.0 Å². The van der Waals surface area contributed by atoms with Gasteiger partial charge >= 0.3 is 0 Å². The van der Waals surface area contributed by atoms with Gasteiger partial charge in [0.2, 0.25) is 10.0 Å². The van der Waals surface area contributed by atoms with E-state index in [2.05, 4.69) is 14.9 Å². The normalized spacial score (nSPS) is 15.2. The van der Waals surface area contributed by atoms with Crippen molar-refractivity contribution in [2.75, 3.05) is 38.2 Å². The molecule has 156 valence electrons. The molecule has 2 heterocycles. The fourth-order valence-corrected chi connectivity index (χ4v) is 4.90. The standard InChI is InChI=1S/C21H21ClN4O3S/c1-29-18-6-8-19(9-7-18)30(27,28)26-12-10-25(11-13-26)21-14-20(23-15-24-21)16-2-4-17(22)5-3-16/h2-9,14-15H,10-13H2,1H3. The van der Waals surface area contributed by atoms with Crippen molar-refractivity contribution < 1.29 is 13.2 Å². The first kappa shape index (κ1) is 20.6. The Bertz CT molecular complexity index is 1110. The Morgan fingerprint density at radius 3 is 2.23 bits per heavy atom. The minimum absolute atomic E-state index is 0.267. The number of rotatable bonds is 5. The van der Waals surface area contributed by atoms with Crippen LogP contribution in [0.2, 0.25) is 5.02 Å². The van der Waals surface area contributed by atoms with Crippen molar-refractivity contribution in [2.45, 2.75) is 4.90 Å². The second-order valence-corrected chi connectivity index (χ2v) is 9.21. The Balaban J connectivity index is 1.46. The summed E-state index contributed by atoms with van der Waals surface area (Å²) in [7, 11) is -1.99. The maximum Gasteiger partial charge on any atom is 0.243 e. The highest BCUT2D eigenvalue weighted by Crippen LogP contribution is 2.25. The Morgan fingerprint density at radius 1 is 0.933 bits per heavy atom. The minimum Gasteiger partial charge on any atom is -0.497 e. The van der Waals surface area contributed by atoms with Gasteiger partial charge < -0.3 is 9.64 Å². The van der Waals surface area contributed by atoms with E-state index in [1.807, 2.05) is 30.3 Å². The molecule has 0 amide bonds. The van der Waals surface area contributed by atoms with Crippen molar-refractivity contribution in [3.63, 3.8) is 0 Å². The van der Waals surface area contributed by atoms with Crippen molar-refractivity contribution in [3.05, 3.63) is 65.9 Å². The van der Waals surface area contributed by atoms with Crippen LogP contribution in [0.25, 0.3) is 11.3 Å². The fraction of sp³-hybridized carbons (Fsp3) is 0.238. The number of piperazine rings is 1. The Hall–Kier alpha value is -2.68. The van der Waals surface area contributed by atoms with Gasteiger partial charge in [-0.15, -0.1) is 0 Å². The molecule has 0 bridgehead atoms. The summed E-state index contributed by atoms with van der Waals surface area (Å²) in [6, 6.07) is 15.8. The molecule has 1 fully saturated rings. The summed E-state index contributed by atoms with van der Waals surface area (Å²) in [5.41, 5.74) is 1.74. The van der Waals surface area contributed by atoms with Gasteiger partial charge in [0.15, 0.2) is 0 Å². The number of sulfonamides is 1. The van der Waals surface area contributed by atoms with E-state index in [9.17, 15) is 8.42 Å². The van der Waals surface area contributed by atoms with Crippen LogP contribution < -0.4 is 9.64 Å². The van der Waals surface area contributed by atoms with Crippen LogP contribution >= 0.6 is 11.6 Å². The summed E-state index contributed by atoms with van der Waals surface area (Å²) >= 11 is 5.96. The third-order valence-corrected chi connectivity index (χ3v) is 7.22. The highest BCUT2D eigenvalue weighted by molar-refractivity contribution is 7.89. The zero-order chi connectivity index (χ0) is 21.1. The van der Waals surface area contributed by atoms with E-state index in [4.69, 9.17) is 16.3 Å². The average Bonchev–Trinajstić information content (AvgIpc) is 2.80. The number of anilines is 1. The van der Waals surface area contributed by atoms with Gasteiger partial charge in [-0.1, -0.05) is 23.7 Å². The van der Waals surface area contributed by atoms with Gasteiger partial charge in [0.25, 0.3) is 0 Å². The molecule has 9 heteroatoms. The molecule has 1 aliphatic rings. The summed E-state index contributed by atoms with van der Waals surface area (Å²) in [5, 5.41) is 0.669. The van der Waals surface area contributed by atoms with Crippen LogP contribution in [0.4, 0.5) is 5.82 Å². The van der Waals surface area contributed by atoms with E-state index in [-0.39, 0.29) is 4.90 Å². The Kier molecular flexibility index (Phi) is 5.90. The Labute approximate surface area is 181 Å². The van der Waals surface area contributed by atoms with Crippen LogP contribution in [0, 0.1) is 0 Å². The molecule has 0 saturated carbocycles. The number of aromatic nitrogens is 2. The van der Waals surface area contributed by atoms with E-state index in [1.54, 1.807) is 31.4 Å². The first-order valence-electron chi connectivity index (χ1n) is 9.44. The number of nitrogens with zero attached hydrogens (tertiary/aromatic N) is 4. The predicted molar refractivity (Wildman–Crippen MR) is 116 cm³/mol. The van der Waals surface area contributed by atoms with Crippen LogP contribution in [0.5, 0.6) is 5.75 Å². The average molecular weight is 445 g/mol. The summed E-state index contributed by atoms with van der Waals surface area (Å²) in [6.07, 6.45) is 1.53. The van der Waals surface area contributed by atoms with Gasteiger partial charge in [0, 0.05) is 42.8 Å². The van der Waals surface area contributed by atoms with Gasteiger partial charge in [0.05, 0.1) is 17.7 Å². The van der Waals surface area contributed by atoms with Gasteiger partial charge in [-0.3, -0.25) is 0 Å². The monoisotopic (exact) mass is 444 g/mol. The maximum atomic E-state index is 12.9. The zero-order valence-corrected chi connectivity index (χ0v) is 18.0. The summed E-state index contributed by atoms with van der Waals surface area (Å²) in [6.45, 7) is 1.86. The third kappa shape index (κ3) is 4.26. The summed E-state index contributed by atoms with van der Waals surface area (Å²) in [5.74, 6) is 1.40. The summed E-state index contributed by atoms with van der Waals surface area (Å²) in [4.78, 5) is 11.1. The van der Waals surface area contributed by atoms with Gasteiger partial charge in [-0.25, -0.2) is 18.4 Å². The molecule has 30 heavy (non-hydrogen) atoms. The number of benzene rings is 2. The first-order valence-corrected chi connectivity index (χ1v) is 11.3. The molecule has 0 aliphatic carbocycles. The van der Waals surface area contributed by atoms with E-state index in [0.717, 1.165) is 17.1 Å². The fourth-order valence-electron chi connectivity index (χ4n) is 3.35. The van der Waals surface area contributed by atoms with Gasteiger partial charge in [-0.05, 0) is 36.4 Å².